The second-order valence-corrected chi connectivity index (χ2v) is 5.44. The number of nitrogens with one attached hydrogen (secondary N) is 1. The zero-order valence-electron chi connectivity index (χ0n) is 13.3. The van der Waals surface area contributed by atoms with E-state index in [1.807, 2.05) is 19.1 Å². The van der Waals surface area contributed by atoms with Gasteiger partial charge < -0.3 is 19.5 Å². The first-order chi connectivity index (χ1) is 11.6. The van der Waals surface area contributed by atoms with E-state index in [4.69, 9.17) is 14.2 Å². The fourth-order valence-corrected chi connectivity index (χ4v) is 2.35. The molecule has 1 heterocycles. The predicted molar refractivity (Wildman–Crippen MR) is 85.9 cm³/mol. The molecule has 1 amide bonds. The normalized spacial score (nSPS) is 12.6. The molecular weight excluding hydrogens is 313 g/mol. The summed E-state index contributed by atoms with van der Waals surface area (Å²) in [6.07, 6.45) is 0. The number of fused-ring (bicyclic) bond motifs is 1. The molecule has 0 fully saturated rings. The van der Waals surface area contributed by atoms with E-state index in [1.165, 1.54) is 24.3 Å². The minimum atomic E-state index is -0.346. The summed E-state index contributed by atoms with van der Waals surface area (Å²) in [6.45, 7) is 3.26. The number of hydrogen-bond donors (Lipinski definition) is 1. The fourth-order valence-electron chi connectivity index (χ4n) is 2.35. The summed E-state index contributed by atoms with van der Waals surface area (Å²) in [6, 6.07) is 9.31. The average Bonchev–Trinajstić information content (AvgIpc) is 2.59. The van der Waals surface area contributed by atoms with Gasteiger partial charge in [-0.25, -0.2) is 4.39 Å². The molecule has 0 saturated carbocycles. The van der Waals surface area contributed by atoms with Crippen molar-refractivity contribution in [1.29, 1.82) is 0 Å². The molecule has 5 nitrogen and oxygen atoms in total. The van der Waals surface area contributed by atoms with Crippen LogP contribution in [-0.4, -0.2) is 25.7 Å². The predicted octanol–water partition coefficient (Wildman–Crippen LogP) is 2.60. The Labute approximate surface area is 139 Å². The van der Waals surface area contributed by atoms with Gasteiger partial charge in [0.25, 0.3) is 5.91 Å². The lowest BCUT2D eigenvalue weighted by Gasteiger charge is -2.20. The number of rotatable bonds is 5. The first-order valence-corrected chi connectivity index (χ1v) is 7.66. The van der Waals surface area contributed by atoms with E-state index in [0.717, 1.165) is 16.9 Å². The zero-order valence-corrected chi connectivity index (χ0v) is 13.3. The molecule has 2 aromatic rings. The Morgan fingerprint density at radius 2 is 1.83 bits per heavy atom. The second-order valence-electron chi connectivity index (χ2n) is 5.44. The summed E-state index contributed by atoms with van der Waals surface area (Å²) >= 11 is 0. The molecule has 0 bridgehead atoms. The number of carbonyl (C=O) groups is 1. The van der Waals surface area contributed by atoms with E-state index in [1.54, 1.807) is 0 Å². The lowest BCUT2D eigenvalue weighted by atomic mass is 10.1. The minimum absolute atomic E-state index is 0.130. The quantitative estimate of drug-likeness (QED) is 0.915. The molecule has 126 valence electrons. The Balaban J connectivity index is 1.53. The van der Waals surface area contributed by atoms with Crippen LogP contribution in [0.1, 0.15) is 11.1 Å². The summed E-state index contributed by atoms with van der Waals surface area (Å²) in [5.41, 5.74) is 1.97. The maximum Gasteiger partial charge on any atom is 0.258 e. The number of carbonyl (C=O) groups excluding carboxylic acids is 1. The molecule has 1 N–H and O–H groups in total. The van der Waals surface area contributed by atoms with E-state index in [0.29, 0.717) is 31.3 Å². The smallest absolute Gasteiger partial charge is 0.258 e. The summed E-state index contributed by atoms with van der Waals surface area (Å²) in [5.74, 6) is 1.27. The van der Waals surface area contributed by atoms with Crippen LogP contribution in [0.15, 0.2) is 36.4 Å². The molecule has 0 atom stereocenters. The summed E-state index contributed by atoms with van der Waals surface area (Å²) in [7, 11) is 0. The summed E-state index contributed by atoms with van der Waals surface area (Å²) < 4.78 is 29.2. The molecule has 0 radical (unpaired) electrons. The van der Waals surface area contributed by atoms with Gasteiger partial charge in [0.1, 0.15) is 24.8 Å². The monoisotopic (exact) mass is 331 g/mol. The van der Waals surface area contributed by atoms with E-state index in [2.05, 4.69) is 5.32 Å². The summed E-state index contributed by atoms with van der Waals surface area (Å²) in [5, 5.41) is 2.79. The number of amides is 1. The van der Waals surface area contributed by atoms with Crippen molar-refractivity contribution >= 4 is 5.91 Å². The molecular formula is C18H18FNO4. The van der Waals surface area contributed by atoms with Crippen LogP contribution in [0.4, 0.5) is 4.39 Å². The largest absolute Gasteiger partial charge is 0.486 e. The third-order valence-electron chi connectivity index (χ3n) is 3.66. The van der Waals surface area contributed by atoms with Gasteiger partial charge in [0.15, 0.2) is 18.1 Å². The second kappa shape index (κ2) is 7.21. The fraction of sp³-hybridized carbons (Fsp3) is 0.278. The Morgan fingerprint density at radius 1 is 1.17 bits per heavy atom. The van der Waals surface area contributed by atoms with Gasteiger partial charge in [0.05, 0.1) is 0 Å². The van der Waals surface area contributed by atoms with Crippen LogP contribution in [0.2, 0.25) is 0 Å². The Hall–Kier alpha value is -2.76. The van der Waals surface area contributed by atoms with E-state index in [-0.39, 0.29) is 18.3 Å². The Bertz CT molecular complexity index is 731. The van der Waals surface area contributed by atoms with Crippen LogP contribution >= 0.6 is 0 Å². The first-order valence-electron chi connectivity index (χ1n) is 7.66. The highest BCUT2D eigenvalue weighted by Crippen LogP contribution is 2.32. The van der Waals surface area contributed by atoms with Gasteiger partial charge in [-0.2, -0.15) is 0 Å². The molecule has 0 aromatic heterocycles. The van der Waals surface area contributed by atoms with Crippen LogP contribution in [0.3, 0.4) is 0 Å². The average molecular weight is 331 g/mol. The Morgan fingerprint density at radius 3 is 2.54 bits per heavy atom. The SMILES string of the molecule is Cc1cc2c(cc1CNC(=O)COc1ccc(F)cc1)OCCO2. The highest BCUT2D eigenvalue weighted by atomic mass is 19.1. The number of aryl methyl sites for hydroxylation is 1. The first kappa shape index (κ1) is 16.1. The zero-order chi connectivity index (χ0) is 16.9. The molecule has 0 spiro atoms. The molecule has 0 aliphatic carbocycles. The van der Waals surface area contributed by atoms with Crippen LogP contribution < -0.4 is 19.5 Å². The van der Waals surface area contributed by atoms with Crippen molar-refractivity contribution in [3.63, 3.8) is 0 Å². The Kier molecular flexibility index (Phi) is 4.84. The van der Waals surface area contributed by atoms with Gasteiger partial charge in [0, 0.05) is 6.54 Å². The van der Waals surface area contributed by atoms with E-state index >= 15 is 0 Å². The van der Waals surface area contributed by atoms with Crippen molar-refractivity contribution in [3.8, 4) is 17.2 Å². The number of halogens is 1. The van der Waals surface area contributed by atoms with Crippen molar-refractivity contribution in [2.24, 2.45) is 0 Å². The molecule has 0 saturated heterocycles. The molecule has 1 aliphatic rings. The number of benzene rings is 2. The number of ether oxygens (including phenoxy) is 3. The maximum absolute atomic E-state index is 12.8. The van der Waals surface area contributed by atoms with Crippen LogP contribution in [-0.2, 0) is 11.3 Å². The molecule has 2 aromatic carbocycles. The minimum Gasteiger partial charge on any atom is -0.486 e. The van der Waals surface area contributed by atoms with Crippen LogP contribution in [0.5, 0.6) is 17.2 Å². The van der Waals surface area contributed by atoms with Crippen molar-refractivity contribution in [1.82, 2.24) is 5.32 Å². The third-order valence-corrected chi connectivity index (χ3v) is 3.66. The van der Waals surface area contributed by atoms with Crippen LogP contribution in [0.25, 0.3) is 0 Å². The molecule has 6 heteroatoms. The lowest BCUT2D eigenvalue weighted by Crippen LogP contribution is -2.28. The van der Waals surface area contributed by atoms with Crippen molar-refractivity contribution in [2.45, 2.75) is 13.5 Å². The van der Waals surface area contributed by atoms with E-state index < -0.39 is 0 Å². The molecule has 24 heavy (non-hydrogen) atoms. The highest BCUT2D eigenvalue weighted by molar-refractivity contribution is 5.77. The highest BCUT2D eigenvalue weighted by Gasteiger charge is 2.14. The topological polar surface area (TPSA) is 56.8 Å². The maximum atomic E-state index is 12.8. The van der Waals surface area contributed by atoms with Gasteiger partial charge >= 0.3 is 0 Å². The van der Waals surface area contributed by atoms with Crippen molar-refractivity contribution in [3.05, 3.63) is 53.3 Å². The molecule has 0 unspecified atom stereocenters. The molecule has 1 aliphatic heterocycles. The van der Waals surface area contributed by atoms with Gasteiger partial charge in [0.2, 0.25) is 0 Å². The summed E-state index contributed by atoms with van der Waals surface area (Å²) in [4.78, 5) is 11.9. The lowest BCUT2D eigenvalue weighted by molar-refractivity contribution is -0.123. The van der Waals surface area contributed by atoms with Gasteiger partial charge in [-0.05, 0) is 54.4 Å². The number of hydrogen-bond acceptors (Lipinski definition) is 4. The van der Waals surface area contributed by atoms with Gasteiger partial charge in [-0.15, -0.1) is 0 Å². The van der Waals surface area contributed by atoms with Crippen molar-refractivity contribution < 1.29 is 23.4 Å². The van der Waals surface area contributed by atoms with Crippen molar-refractivity contribution in [2.75, 3.05) is 19.8 Å². The third kappa shape index (κ3) is 3.95. The van der Waals surface area contributed by atoms with E-state index in [9.17, 15) is 9.18 Å². The van der Waals surface area contributed by atoms with Gasteiger partial charge in [-0.3, -0.25) is 4.79 Å². The van der Waals surface area contributed by atoms with Gasteiger partial charge in [-0.1, -0.05) is 0 Å². The molecule has 3 rings (SSSR count). The van der Waals surface area contributed by atoms with Crippen LogP contribution in [0, 0.1) is 12.7 Å². The standard InChI is InChI=1S/C18H18FNO4/c1-12-8-16-17(23-7-6-22-16)9-13(12)10-20-18(21)11-24-15-4-2-14(19)3-5-15/h2-5,8-9H,6-7,10-11H2,1H3,(H,20,21).